The van der Waals surface area contributed by atoms with Crippen molar-refractivity contribution in [2.45, 2.75) is 32.6 Å². The van der Waals surface area contributed by atoms with Gasteiger partial charge in [0.2, 0.25) is 5.91 Å². The van der Waals surface area contributed by atoms with Crippen LogP contribution in [0, 0.1) is 17.2 Å². The maximum absolute atomic E-state index is 12.7. The SMILES string of the molecule is CCC1CCc2c(sc(NC(=O)CN3CCN(c4cccc(Cl)c4)CC3)c2C#N)C1. The minimum absolute atomic E-state index is 0.0339. The average molecular weight is 443 g/mol. The number of anilines is 2. The van der Waals surface area contributed by atoms with Crippen LogP contribution >= 0.6 is 22.9 Å². The molecule has 0 saturated carbocycles. The molecule has 7 heteroatoms. The van der Waals surface area contributed by atoms with Gasteiger partial charge in [0.25, 0.3) is 0 Å². The molecule has 0 spiro atoms. The van der Waals surface area contributed by atoms with Crippen LogP contribution in [0.25, 0.3) is 0 Å². The van der Waals surface area contributed by atoms with E-state index in [1.54, 1.807) is 11.3 Å². The van der Waals surface area contributed by atoms with Crippen LogP contribution in [0.1, 0.15) is 35.8 Å². The molecule has 30 heavy (non-hydrogen) atoms. The lowest BCUT2D eigenvalue weighted by Gasteiger charge is -2.35. The molecule has 158 valence electrons. The number of nitrogens with zero attached hydrogens (tertiary/aromatic N) is 3. The van der Waals surface area contributed by atoms with Gasteiger partial charge < -0.3 is 10.2 Å². The lowest BCUT2D eigenvalue weighted by Crippen LogP contribution is -2.48. The zero-order valence-corrected chi connectivity index (χ0v) is 18.9. The summed E-state index contributed by atoms with van der Waals surface area (Å²) < 4.78 is 0. The van der Waals surface area contributed by atoms with E-state index in [2.05, 4.69) is 34.2 Å². The van der Waals surface area contributed by atoms with Crippen LogP contribution in [0.5, 0.6) is 0 Å². The maximum Gasteiger partial charge on any atom is 0.239 e. The van der Waals surface area contributed by atoms with Gasteiger partial charge in [-0.15, -0.1) is 11.3 Å². The number of benzene rings is 1. The Morgan fingerprint density at radius 3 is 2.83 bits per heavy atom. The Morgan fingerprint density at radius 2 is 2.13 bits per heavy atom. The molecule has 1 fully saturated rings. The number of rotatable bonds is 5. The quantitative estimate of drug-likeness (QED) is 0.737. The van der Waals surface area contributed by atoms with E-state index in [4.69, 9.17) is 11.6 Å². The number of carbonyl (C=O) groups excluding carboxylic acids is 1. The monoisotopic (exact) mass is 442 g/mol. The Bertz CT molecular complexity index is 959. The van der Waals surface area contributed by atoms with E-state index in [9.17, 15) is 10.1 Å². The summed E-state index contributed by atoms with van der Waals surface area (Å²) in [5, 5.41) is 14.2. The summed E-state index contributed by atoms with van der Waals surface area (Å²) in [7, 11) is 0. The zero-order chi connectivity index (χ0) is 21.1. The number of fused-ring (bicyclic) bond motifs is 1. The van der Waals surface area contributed by atoms with Crippen LogP contribution in [-0.4, -0.2) is 43.5 Å². The van der Waals surface area contributed by atoms with Gasteiger partial charge in [-0.3, -0.25) is 9.69 Å². The molecule has 1 saturated heterocycles. The molecule has 1 aromatic heterocycles. The summed E-state index contributed by atoms with van der Waals surface area (Å²) in [5.41, 5.74) is 2.97. The van der Waals surface area contributed by atoms with Gasteiger partial charge in [-0.25, -0.2) is 0 Å². The first-order valence-electron chi connectivity index (χ1n) is 10.6. The largest absolute Gasteiger partial charge is 0.369 e. The number of nitriles is 1. The highest BCUT2D eigenvalue weighted by Gasteiger charge is 2.26. The molecular formula is C23H27ClN4OS. The van der Waals surface area contributed by atoms with Crippen molar-refractivity contribution in [2.24, 2.45) is 5.92 Å². The van der Waals surface area contributed by atoms with Crippen molar-refractivity contribution >= 4 is 39.5 Å². The summed E-state index contributed by atoms with van der Waals surface area (Å²) in [5.74, 6) is 0.662. The average Bonchev–Trinajstić information content (AvgIpc) is 3.09. The molecule has 1 aromatic carbocycles. The number of hydrogen-bond donors (Lipinski definition) is 1. The van der Waals surface area contributed by atoms with Crippen molar-refractivity contribution in [2.75, 3.05) is 42.9 Å². The normalized spacial score (nSPS) is 19.2. The first-order valence-corrected chi connectivity index (χ1v) is 11.8. The second-order valence-corrected chi connectivity index (χ2v) is 9.67. The Balaban J connectivity index is 1.34. The lowest BCUT2D eigenvalue weighted by molar-refractivity contribution is -0.117. The number of thiophene rings is 1. The van der Waals surface area contributed by atoms with E-state index >= 15 is 0 Å². The molecule has 5 nitrogen and oxygen atoms in total. The minimum atomic E-state index is -0.0339. The molecule has 1 N–H and O–H groups in total. The second kappa shape index (κ2) is 9.38. The predicted molar refractivity (Wildman–Crippen MR) is 124 cm³/mol. The summed E-state index contributed by atoms with van der Waals surface area (Å²) in [6, 6.07) is 10.2. The van der Waals surface area contributed by atoms with E-state index in [-0.39, 0.29) is 5.91 Å². The van der Waals surface area contributed by atoms with Gasteiger partial charge in [-0.1, -0.05) is 31.0 Å². The molecule has 1 unspecified atom stereocenters. The first kappa shape index (κ1) is 21.2. The van der Waals surface area contributed by atoms with Crippen molar-refractivity contribution in [3.63, 3.8) is 0 Å². The fourth-order valence-electron chi connectivity index (χ4n) is 4.42. The minimum Gasteiger partial charge on any atom is -0.369 e. The van der Waals surface area contributed by atoms with Gasteiger partial charge in [0, 0.05) is 41.8 Å². The fourth-order valence-corrected chi connectivity index (χ4v) is 5.93. The maximum atomic E-state index is 12.7. The van der Waals surface area contributed by atoms with Crippen LogP contribution in [-0.2, 0) is 17.6 Å². The van der Waals surface area contributed by atoms with Crippen molar-refractivity contribution in [1.29, 1.82) is 5.26 Å². The van der Waals surface area contributed by atoms with Gasteiger partial charge in [0.15, 0.2) is 0 Å². The topological polar surface area (TPSA) is 59.4 Å². The van der Waals surface area contributed by atoms with Crippen LogP contribution < -0.4 is 10.2 Å². The Morgan fingerprint density at radius 1 is 1.33 bits per heavy atom. The molecule has 0 bridgehead atoms. The third-order valence-electron chi connectivity index (χ3n) is 6.22. The highest BCUT2D eigenvalue weighted by atomic mass is 35.5. The smallest absolute Gasteiger partial charge is 0.239 e. The predicted octanol–water partition coefficient (Wildman–Crippen LogP) is 4.55. The number of piperazine rings is 1. The highest BCUT2D eigenvalue weighted by molar-refractivity contribution is 7.16. The Kier molecular flexibility index (Phi) is 6.62. The second-order valence-electron chi connectivity index (χ2n) is 8.13. The molecule has 1 amide bonds. The standard InChI is InChI=1S/C23H27ClN4OS/c1-2-16-6-7-19-20(14-25)23(30-21(19)12-16)26-22(29)15-27-8-10-28(11-9-27)18-5-3-4-17(24)13-18/h3-5,13,16H,2,6-12,15H2,1H3,(H,26,29). The van der Waals surface area contributed by atoms with Crippen molar-refractivity contribution in [3.8, 4) is 6.07 Å². The van der Waals surface area contributed by atoms with Gasteiger partial charge in [0.05, 0.1) is 12.1 Å². The van der Waals surface area contributed by atoms with E-state index in [1.807, 2.05) is 18.2 Å². The number of nitrogens with one attached hydrogen (secondary N) is 1. The molecule has 2 aliphatic rings. The Hall–Kier alpha value is -2.07. The van der Waals surface area contributed by atoms with Crippen LogP contribution in [0.3, 0.4) is 0 Å². The first-order chi connectivity index (χ1) is 14.6. The summed E-state index contributed by atoms with van der Waals surface area (Å²) >= 11 is 7.71. The molecule has 1 aliphatic heterocycles. The van der Waals surface area contributed by atoms with E-state index in [0.717, 1.165) is 66.7 Å². The van der Waals surface area contributed by atoms with Gasteiger partial charge in [-0.2, -0.15) is 5.26 Å². The van der Waals surface area contributed by atoms with Crippen LogP contribution in [0.4, 0.5) is 10.7 Å². The Labute approximate surface area is 187 Å². The molecule has 4 rings (SSSR count). The number of hydrogen-bond acceptors (Lipinski definition) is 5. The molecule has 1 atom stereocenters. The third-order valence-corrected chi connectivity index (χ3v) is 7.63. The summed E-state index contributed by atoms with van der Waals surface area (Å²) in [6.45, 7) is 5.96. The molecule has 0 radical (unpaired) electrons. The van der Waals surface area contributed by atoms with Crippen molar-refractivity contribution < 1.29 is 4.79 Å². The number of carbonyl (C=O) groups is 1. The lowest BCUT2D eigenvalue weighted by atomic mass is 9.86. The zero-order valence-electron chi connectivity index (χ0n) is 17.3. The van der Waals surface area contributed by atoms with E-state index in [0.29, 0.717) is 18.0 Å². The fraction of sp³-hybridized carbons (Fsp3) is 0.478. The van der Waals surface area contributed by atoms with Gasteiger partial charge >= 0.3 is 0 Å². The molecule has 2 heterocycles. The number of amides is 1. The van der Waals surface area contributed by atoms with Crippen LogP contribution in [0.2, 0.25) is 5.02 Å². The van der Waals surface area contributed by atoms with Gasteiger partial charge in [-0.05, 0) is 48.9 Å². The van der Waals surface area contributed by atoms with Gasteiger partial charge in [0.1, 0.15) is 11.1 Å². The highest BCUT2D eigenvalue weighted by Crippen LogP contribution is 2.40. The molecular weight excluding hydrogens is 416 g/mol. The third kappa shape index (κ3) is 4.64. The van der Waals surface area contributed by atoms with Crippen LogP contribution in [0.15, 0.2) is 24.3 Å². The molecule has 1 aliphatic carbocycles. The summed E-state index contributed by atoms with van der Waals surface area (Å²) in [4.78, 5) is 18.4. The van der Waals surface area contributed by atoms with E-state index in [1.165, 1.54) is 11.3 Å². The number of halogens is 1. The van der Waals surface area contributed by atoms with Crippen molar-refractivity contribution in [3.05, 3.63) is 45.3 Å². The summed E-state index contributed by atoms with van der Waals surface area (Å²) in [6.07, 6.45) is 4.29. The van der Waals surface area contributed by atoms with E-state index < -0.39 is 0 Å². The molecule has 2 aromatic rings. The van der Waals surface area contributed by atoms with Crippen molar-refractivity contribution in [1.82, 2.24) is 4.90 Å².